The standard InChI is InChI=1S/C9HF19O3S.H3N/c10-1(11,2(12,13)4(16,17)6(20,21)8(24,25)26)3(14,15)5(18,19)7(22,23)9(27,28)32(29,30)31;/h(H,29,30,31);1H3/p+1. The molecule has 0 fully saturated rings. The fraction of sp³-hybridized carbons (Fsp3) is 1.00. The maximum atomic E-state index is 13.2. The molecule has 0 heterocycles. The van der Waals surface area contributed by atoms with Crippen LogP contribution in [0.2, 0.25) is 0 Å². The summed E-state index contributed by atoms with van der Waals surface area (Å²) in [6, 6.07) is 0. The van der Waals surface area contributed by atoms with Crippen LogP contribution in [0.1, 0.15) is 0 Å². The highest BCUT2D eigenvalue weighted by Gasteiger charge is 2.97. The maximum absolute atomic E-state index is 13.2. The molecule has 0 saturated heterocycles. The average molecular weight is 568 g/mol. The van der Waals surface area contributed by atoms with Crippen LogP contribution in [0.5, 0.6) is 0 Å². The minimum Gasteiger partial charge on any atom is -0.369 e. The summed E-state index contributed by atoms with van der Waals surface area (Å²) in [4.78, 5) is 0. The summed E-state index contributed by atoms with van der Waals surface area (Å²) >= 11 is 0. The van der Waals surface area contributed by atoms with Gasteiger partial charge in [-0.2, -0.15) is 91.8 Å². The van der Waals surface area contributed by atoms with Crippen LogP contribution >= 0.6 is 0 Å². The Morgan fingerprint density at radius 2 is 0.576 bits per heavy atom. The van der Waals surface area contributed by atoms with Crippen molar-refractivity contribution in [3.63, 3.8) is 0 Å². The van der Waals surface area contributed by atoms with Gasteiger partial charge in [0.25, 0.3) is 0 Å². The van der Waals surface area contributed by atoms with Gasteiger partial charge in [-0.3, -0.25) is 4.55 Å². The van der Waals surface area contributed by atoms with E-state index in [0.29, 0.717) is 0 Å². The smallest absolute Gasteiger partial charge is 0.369 e. The summed E-state index contributed by atoms with van der Waals surface area (Å²) in [5.74, 6) is -62.2. The molecule has 0 unspecified atom stereocenters. The van der Waals surface area contributed by atoms with Gasteiger partial charge in [0.05, 0.1) is 0 Å². The van der Waals surface area contributed by atoms with Crippen LogP contribution in [0, 0.1) is 0 Å². The van der Waals surface area contributed by atoms with Crippen molar-refractivity contribution in [3.05, 3.63) is 0 Å². The molecule has 0 radical (unpaired) electrons. The lowest BCUT2D eigenvalue weighted by molar-refractivity contribution is -0.466. The minimum absolute atomic E-state index is 0. The molecule has 0 amide bonds. The maximum Gasteiger partial charge on any atom is 0.460 e. The first-order chi connectivity index (χ1) is 13.2. The van der Waals surface area contributed by atoms with E-state index in [4.69, 9.17) is 4.55 Å². The summed E-state index contributed by atoms with van der Waals surface area (Å²) in [6.45, 7) is 0. The molecule has 24 heteroatoms. The molecule has 0 aromatic carbocycles. The van der Waals surface area contributed by atoms with Crippen molar-refractivity contribution >= 4 is 10.1 Å². The molecule has 5 N–H and O–H groups in total. The van der Waals surface area contributed by atoms with Gasteiger partial charge < -0.3 is 6.15 Å². The van der Waals surface area contributed by atoms with Crippen LogP contribution in [0.15, 0.2) is 0 Å². The second-order valence-corrected chi connectivity index (χ2v) is 6.97. The highest BCUT2D eigenvalue weighted by molar-refractivity contribution is 7.87. The van der Waals surface area contributed by atoms with E-state index < -0.39 is 63.0 Å². The normalized spacial score (nSPS) is 16.5. The van der Waals surface area contributed by atoms with Gasteiger partial charge in [0.15, 0.2) is 0 Å². The monoisotopic (exact) mass is 568 g/mol. The van der Waals surface area contributed by atoms with Crippen LogP contribution in [0.25, 0.3) is 0 Å². The first-order valence-corrected chi connectivity index (χ1v) is 7.75. The van der Waals surface area contributed by atoms with Crippen LogP contribution in [-0.4, -0.2) is 65.9 Å². The molecule has 4 nitrogen and oxygen atoms in total. The second kappa shape index (κ2) is 7.78. The van der Waals surface area contributed by atoms with Crippen molar-refractivity contribution in [2.24, 2.45) is 0 Å². The Labute approximate surface area is 167 Å². The Hall–Kier alpha value is -1.46. The van der Waals surface area contributed by atoms with Crippen molar-refractivity contribution in [1.29, 1.82) is 0 Å². The van der Waals surface area contributed by atoms with Crippen LogP contribution in [0.3, 0.4) is 0 Å². The van der Waals surface area contributed by atoms with Crippen molar-refractivity contribution in [3.8, 4) is 0 Å². The Morgan fingerprint density at radius 3 is 0.758 bits per heavy atom. The zero-order chi connectivity index (χ0) is 27.0. The van der Waals surface area contributed by atoms with Crippen molar-refractivity contribution < 1.29 is 96.4 Å². The lowest BCUT2D eigenvalue weighted by atomic mass is 9.89. The molecule has 0 aliphatic rings. The zero-order valence-corrected chi connectivity index (χ0v) is 15.2. The zero-order valence-electron chi connectivity index (χ0n) is 14.4. The minimum atomic E-state index is -9.15. The van der Waals surface area contributed by atoms with E-state index in [9.17, 15) is 91.8 Å². The van der Waals surface area contributed by atoms with Gasteiger partial charge in [-0.1, -0.05) is 0 Å². The third-order valence-electron chi connectivity index (χ3n) is 3.41. The number of hydrogen-bond donors (Lipinski definition) is 2. The average Bonchev–Trinajstić information content (AvgIpc) is 2.51. The number of halogens is 19. The molecule has 0 atom stereocenters. The first-order valence-electron chi connectivity index (χ1n) is 6.31. The molecule has 33 heavy (non-hydrogen) atoms. The number of alkyl halides is 19. The predicted octanol–water partition coefficient (Wildman–Crippen LogP) is 5.85. The van der Waals surface area contributed by atoms with E-state index in [2.05, 4.69) is 0 Å². The van der Waals surface area contributed by atoms with Gasteiger partial charge in [0.2, 0.25) is 0 Å². The third kappa shape index (κ3) is 3.93. The Kier molecular flexibility index (Phi) is 7.94. The lowest BCUT2D eigenvalue weighted by Gasteiger charge is -2.43. The van der Waals surface area contributed by atoms with E-state index in [-0.39, 0.29) is 6.15 Å². The lowest BCUT2D eigenvalue weighted by Crippen LogP contribution is -2.76. The number of rotatable bonds is 8. The molecule has 0 bridgehead atoms. The molecule has 0 rings (SSSR count). The predicted molar refractivity (Wildman–Crippen MR) is 63.2 cm³/mol. The van der Waals surface area contributed by atoms with Crippen LogP contribution < -0.4 is 6.15 Å². The van der Waals surface area contributed by atoms with Gasteiger partial charge in [-0.15, -0.1) is 0 Å². The molecule has 0 aliphatic carbocycles. The molecular formula is C9H5F19NO3S+. The van der Waals surface area contributed by atoms with E-state index >= 15 is 0 Å². The SMILES string of the molecule is O=S(=O)(O)C(F)(F)C(F)(F)C(F)(F)C(F)(F)C(F)(F)C(F)(F)C(F)(F)C(F)(F)C(F)(F)F.[NH4+]. The van der Waals surface area contributed by atoms with Crippen molar-refractivity contribution in [1.82, 2.24) is 6.15 Å². The van der Waals surface area contributed by atoms with Gasteiger partial charge >= 0.3 is 63.0 Å². The molecular weight excluding hydrogens is 563 g/mol. The molecule has 0 aliphatic heterocycles. The van der Waals surface area contributed by atoms with Gasteiger partial charge in [0.1, 0.15) is 0 Å². The number of hydrogen-bond acceptors (Lipinski definition) is 2. The Bertz CT molecular complexity index is 828. The Morgan fingerprint density at radius 1 is 0.394 bits per heavy atom. The summed E-state index contributed by atoms with van der Waals surface area (Å²) in [5.41, 5.74) is 0. The number of quaternary nitrogens is 1. The van der Waals surface area contributed by atoms with Crippen molar-refractivity contribution in [2.75, 3.05) is 0 Å². The fourth-order valence-corrected chi connectivity index (χ4v) is 1.96. The highest BCUT2D eigenvalue weighted by Crippen LogP contribution is 2.65. The van der Waals surface area contributed by atoms with E-state index in [1.165, 1.54) is 0 Å². The molecule has 0 aromatic rings. The second-order valence-electron chi connectivity index (χ2n) is 5.51. The Balaban J connectivity index is 0. The topological polar surface area (TPSA) is 90.9 Å². The van der Waals surface area contributed by atoms with Crippen LogP contribution in [0.4, 0.5) is 83.4 Å². The van der Waals surface area contributed by atoms with E-state index in [0.717, 1.165) is 0 Å². The summed E-state index contributed by atoms with van der Waals surface area (Å²) in [6.07, 6.45) is -7.99. The molecule has 0 saturated carbocycles. The van der Waals surface area contributed by atoms with E-state index in [1.807, 2.05) is 0 Å². The van der Waals surface area contributed by atoms with Gasteiger partial charge in [-0.25, -0.2) is 0 Å². The first kappa shape index (κ1) is 33.7. The summed E-state index contributed by atoms with van der Waals surface area (Å²) in [5, 5.41) is -7.96. The summed E-state index contributed by atoms with van der Waals surface area (Å²) in [7, 11) is -8.00. The van der Waals surface area contributed by atoms with Gasteiger partial charge in [-0.05, 0) is 0 Å². The fourth-order valence-electron chi connectivity index (χ4n) is 1.51. The highest BCUT2D eigenvalue weighted by atomic mass is 32.2. The largest absolute Gasteiger partial charge is 0.460 e. The molecule has 0 spiro atoms. The van der Waals surface area contributed by atoms with Crippen molar-refractivity contribution in [2.45, 2.75) is 52.9 Å². The quantitative estimate of drug-likeness (QED) is 0.284. The third-order valence-corrected chi connectivity index (χ3v) is 4.32. The van der Waals surface area contributed by atoms with Gasteiger partial charge in [0, 0.05) is 0 Å². The molecule has 202 valence electrons. The summed E-state index contributed by atoms with van der Waals surface area (Å²) < 4.78 is 270. The van der Waals surface area contributed by atoms with Crippen LogP contribution in [-0.2, 0) is 10.1 Å². The van der Waals surface area contributed by atoms with E-state index in [1.54, 1.807) is 0 Å². The molecule has 0 aromatic heterocycles.